The van der Waals surface area contributed by atoms with Crippen LogP contribution in [0.4, 0.5) is 10.5 Å². The van der Waals surface area contributed by atoms with Crippen molar-refractivity contribution < 1.29 is 9.53 Å². The van der Waals surface area contributed by atoms with Gasteiger partial charge in [-0.1, -0.05) is 25.1 Å². The molecule has 0 spiro atoms. The normalized spacial score (nSPS) is 15.9. The third-order valence-corrected chi connectivity index (χ3v) is 4.10. The number of rotatable bonds is 6. The Hall–Kier alpha value is -1.71. The third-order valence-electron chi connectivity index (χ3n) is 4.10. The average molecular weight is 318 g/mol. The lowest BCUT2D eigenvalue weighted by atomic mass is 10.1. The smallest absolute Gasteiger partial charge is 0.410 e. The summed E-state index contributed by atoms with van der Waals surface area (Å²) >= 11 is 0. The molecular formula is C19H30N2O2. The lowest BCUT2D eigenvalue weighted by Crippen LogP contribution is -2.34. The van der Waals surface area contributed by atoms with Crippen molar-refractivity contribution in [3.63, 3.8) is 0 Å². The molecule has 1 atom stereocenters. The molecule has 1 aromatic carbocycles. The van der Waals surface area contributed by atoms with Gasteiger partial charge in [-0.05, 0) is 57.6 Å². The van der Waals surface area contributed by atoms with Gasteiger partial charge in [0.05, 0.1) is 6.54 Å². The number of benzene rings is 1. The van der Waals surface area contributed by atoms with E-state index in [1.54, 1.807) is 11.9 Å². The summed E-state index contributed by atoms with van der Waals surface area (Å²) in [5.41, 5.74) is 1.78. The van der Waals surface area contributed by atoms with Crippen molar-refractivity contribution >= 4 is 11.8 Å². The van der Waals surface area contributed by atoms with Crippen molar-refractivity contribution in [1.82, 2.24) is 4.90 Å². The van der Waals surface area contributed by atoms with Gasteiger partial charge in [-0.3, -0.25) is 0 Å². The molecule has 1 fully saturated rings. The maximum atomic E-state index is 12.2. The molecular weight excluding hydrogens is 288 g/mol. The number of hydrogen-bond acceptors (Lipinski definition) is 3. The van der Waals surface area contributed by atoms with Crippen LogP contribution in [0, 0.1) is 5.92 Å². The maximum absolute atomic E-state index is 12.2. The third kappa shape index (κ3) is 5.45. The number of para-hydroxylation sites is 1. The molecule has 1 aliphatic carbocycles. The lowest BCUT2D eigenvalue weighted by molar-refractivity contribution is 0.0285. The van der Waals surface area contributed by atoms with Crippen LogP contribution in [0.15, 0.2) is 24.3 Å². The fourth-order valence-corrected chi connectivity index (χ4v) is 2.71. The monoisotopic (exact) mass is 318 g/mol. The fourth-order valence-electron chi connectivity index (χ4n) is 2.71. The molecule has 0 aromatic heterocycles. The lowest BCUT2D eigenvalue weighted by Gasteiger charge is -2.26. The van der Waals surface area contributed by atoms with E-state index in [4.69, 9.17) is 4.74 Å². The maximum Gasteiger partial charge on any atom is 0.410 e. The van der Waals surface area contributed by atoms with Gasteiger partial charge in [0.15, 0.2) is 0 Å². The van der Waals surface area contributed by atoms with E-state index >= 15 is 0 Å². The SMILES string of the molecule is CCC(Nc1ccccc1CN(C)C(=O)OC(C)(C)C)C1CC1. The van der Waals surface area contributed by atoms with Gasteiger partial charge >= 0.3 is 6.09 Å². The molecule has 1 aliphatic rings. The Morgan fingerprint density at radius 1 is 1.35 bits per heavy atom. The van der Waals surface area contributed by atoms with Crippen LogP contribution in [-0.2, 0) is 11.3 Å². The minimum Gasteiger partial charge on any atom is -0.444 e. The Bertz CT molecular complexity index is 532. The highest BCUT2D eigenvalue weighted by Crippen LogP contribution is 2.36. The largest absolute Gasteiger partial charge is 0.444 e. The quantitative estimate of drug-likeness (QED) is 0.830. The topological polar surface area (TPSA) is 41.6 Å². The van der Waals surface area contributed by atoms with Gasteiger partial charge in [0.1, 0.15) is 5.60 Å². The van der Waals surface area contributed by atoms with Crippen LogP contribution in [0.1, 0.15) is 52.5 Å². The first kappa shape index (κ1) is 17.6. The van der Waals surface area contributed by atoms with Crippen LogP contribution in [0.5, 0.6) is 0 Å². The van der Waals surface area contributed by atoms with Crippen LogP contribution >= 0.6 is 0 Å². The second kappa shape index (κ2) is 7.24. The van der Waals surface area contributed by atoms with Crippen molar-refractivity contribution in [3.05, 3.63) is 29.8 Å². The number of nitrogens with zero attached hydrogens (tertiary/aromatic N) is 1. The Kier molecular flexibility index (Phi) is 5.55. The highest BCUT2D eigenvalue weighted by molar-refractivity contribution is 5.68. The fraction of sp³-hybridized carbons (Fsp3) is 0.632. The van der Waals surface area contributed by atoms with E-state index in [0.717, 1.165) is 23.6 Å². The molecule has 2 rings (SSSR count). The molecule has 128 valence electrons. The van der Waals surface area contributed by atoms with Crippen LogP contribution in [0.2, 0.25) is 0 Å². The summed E-state index contributed by atoms with van der Waals surface area (Å²) in [6.07, 6.45) is 3.49. The van der Waals surface area contributed by atoms with Crippen LogP contribution in [0.25, 0.3) is 0 Å². The molecule has 1 aromatic rings. The standard InChI is InChI=1S/C19H30N2O2/c1-6-16(14-11-12-14)20-17-10-8-7-9-15(17)13-21(5)18(22)23-19(2,3)4/h7-10,14,16,20H,6,11-13H2,1-5H3. The minimum absolute atomic E-state index is 0.290. The number of nitrogens with one attached hydrogen (secondary N) is 1. The summed E-state index contributed by atoms with van der Waals surface area (Å²) in [7, 11) is 1.78. The predicted octanol–water partition coefficient (Wildman–Crippen LogP) is 4.65. The zero-order valence-electron chi connectivity index (χ0n) is 15.1. The Balaban J connectivity index is 2.03. The van der Waals surface area contributed by atoms with E-state index in [-0.39, 0.29) is 6.09 Å². The van der Waals surface area contributed by atoms with E-state index in [1.807, 2.05) is 32.9 Å². The number of anilines is 1. The summed E-state index contributed by atoms with van der Waals surface area (Å²) in [6, 6.07) is 8.76. The molecule has 0 aliphatic heterocycles. The molecule has 4 nitrogen and oxygen atoms in total. The van der Waals surface area contributed by atoms with Crippen LogP contribution in [0.3, 0.4) is 0 Å². The summed E-state index contributed by atoms with van der Waals surface area (Å²) in [5, 5.41) is 3.67. The van der Waals surface area contributed by atoms with Crippen molar-refractivity contribution in [2.45, 2.75) is 65.1 Å². The molecule has 4 heteroatoms. The summed E-state index contributed by atoms with van der Waals surface area (Å²) in [4.78, 5) is 13.8. The van der Waals surface area contributed by atoms with Gasteiger partial charge in [-0.2, -0.15) is 0 Å². The van der Waals surface area contributed by atoms with E-state index in [1.165, 1.54) is 12.8 Å². The first-order valence-electron chi connectivity index (χ1n) is 8.58. The predicted molar refractivity (Wildman–Crippen MR) is 94.6 cm³/mol. The number of amides is 1. The minimum atomic E-state index is -0.470. The number of hydrogen-bond donors (Lipinski definition) is 1. The molecule has 23 heavy (non-hydrogen) atoms. The van der Waals surface area contributed by atoms with Crippen molar-refractivity contribution in [2.75, 3.05) is 12.4 Å². The first-order valence-corrected chi connectivity index (χ1v) is 8.58. The Morgan fingerprint density at radius 2 is 2.00 bits per heavy atom. The van der Waals surface area contributed by atoms with Gasteiger partial charge in [-0.15, -0.1) is 0 Å². The molecule has 1 unspecified atom stereocenters. The van der Waals surface area contributed by atoms with Gasteiger partial charge in [0.25, 0.3) is 0 Å². The van der Waals surface area contributed by atoms with E-state index in [0.29, 0.717) is 12.6 Å². The second-order valence-corrected chi connectivity index (χ2v) is 7.49. The van der Waals surface area contributed by atoms with E-state index in [9.17, 15) is 4.79 Å². The van der Waals surface area contributed by atoms with Crippen LogP contribution < -0.4 is 5.32 Å². The Labute approximate surface area is 140 Å². The second-order valence-electron chi connectivity index (χ2n) is 7.49. The van der Waals surface area contributed by atoms with E-state index in [2.05, 4.69) is 24.4 Å². The Morgan fingerprint density at radius 3 is 2.57 bits per heavy atom. The van der Waals surface area contributed by atoms with Gasteiger partial charge in [0.2, 0.25) is 0 Å². The van der Waals surface area contributed by atoms with Crippen LogP contribution in [-0.4, -0.2) is 29.7 Å². The summed E-state index contributed by atoms with van der Waals surface area (Å²) < 4.78 is 5.43. The van der Waals surface area contributed by atoms with Crippen molar-refractivity contribution in [2.24, 2.45) is 5.92 Å². The number of carbonyl (C=O) groups is 1. The van der Waals surface area contributed by atoms with Crippen molar-refractivity contribution in [3.8, 4) is 0 Å². The molecule has 0 bridgehead atoms. The zero-order valence-corrected chi connectivity index (χ0v) is 15.1. The first-order chi connectivity index (χ1) is 10.8. The highest BCUT2D eigenvalue weighted by atomic mass is 16.6. The van der Waals surface area contributed by atoms with E-state index < -0.39 is 5.60 Å². The average Bonchev–Trinajstić information content (AvgIpc) is 3.29. The highest BCUT2D eigenvalue weighted by Gasteiger charge is 2.30. The summed E-state index contributed by atoms with van der Waals surface area (Å²) in [6.45, 7) is 8.42. The molecule has 1 amide bonds. The van der Waals surface area contributed by atoms with Gasteiger partial charge in [0, 0.05) is 18.8 Å². The van der Waals surface area contributed by atoms with Gasteiger partial charge in [-0.25, -0.2) is 4.79 Å². The zero-order chi connectivity index (χ0) is 17.0. The number of ether oxygens (including phenoxy) is 1. The molecule has 0 heterocycles. The summed E-state index contributed by atoms with van der Waals surface area (Å²) in [5.74, 6) is 0.802. The van der Waals surface area contributed by atoms with Gasteiger partial charge < -0.3 is 15.0 Å². The van der Waals surface area contributed by atoms with Crippen molar-refractivity contribution in [1.29, 1.82) is 0 Å². The number of carbonyl (C=O) groups excluding carboxylic acids is 1. The molecule has 1 N–H and O–H groups in total. The molecule has 0 radical (unpaired) electrons. The molecule has 1 saturated carbocycles. The molecule has 0 saturated heterocycles.